The van der Waals surface area contributed by atoms with Gasteiger partial charge in [-0.25, -0.2) is 0 Å². The second-order valence-corrected chi connectivity index (χ2v) is 4.43. The summed E-state index contributed by atoms with van der Waals surface area (Å²) in [6.45, 7) is 8.21. The normalized spacial score (nSPS) is 12.5. The van der Waals surface area contributed by atoms with E-state index in [1.54, 1.807) is 0 Å². The number of hydrogen-bond acceptors (Lipinski definition) is 2. The molecule has 1 aromatic carbocycles. The average molecular weight is 206 g/mol. The van der Waals surface area contributed by atoms with Crippen LogP contribution in [-0.2, 0) is 0 Å². The zero-order chi connectivity index (χ0) is 11.3. The van der Waals surface area contributed by atoms with E-state index < -0.39 is 0 Å². The second kappa shape index (κ2) is 5.76. The molecule has 0 spiro atoms. The zero-order valence-corrected chi connectivity index (χ0v) is 10.0. The Morgan fingerprint density at radius 1 is 1.20 bits per heavy atom. The van der Waals surface area contributed by atoms with Gasteiger partial charge in [-0.2, -0.15) is 0 Å². The maximum Gasteiger partial charge on any atom is 0.0345 e. The Morgan fingerprint density at radius 2 is 1.80 bits per heavy atom. The van der Waals surface area contributed by atoms with Crippen molar-refractivity contribution in [1.82, 2.24) is 0 Å². The molecule has 1 atom stereocenters. The first kappa shape index (κ1) is 12.1. The summed E-state index contributed by atoms with van der Waals surface area (Å²) in [5, 5.41) is 3.44. The van der Waals surface area contributed by atoms with Crippen LogP contribution in [0.1, 0.15) is 24.5 Å². The van der Waals surface area contributed by atoms with Gasteiger partial charge in [0.05, 0.1) is 0 Å². The predicted octanol–water partition coefficient (Wildman–Crippen LogP) is 2.70. The molecule has 1 aromatic rings. The van der Waals surface area contributed by atoms with E-state index in [0.29, 0.717) is 5.92 Å². The lowest BCUT2D eigenvalue weighted by Gasteiger charge is -2.11. The summed E-state index contributed by atoms with van der Waals surface area (Å²) in [6, 6.07) is 6.55. The molecule has 2 heteroatoms. The third kappa shape index (κ3) is 4.34. The van der Waals surface area contributed by atoms with Gasteiger partial charge in [0, 0.05) is 12.2 Å². The molecule has 84 valence electrons. The minimum atomic E-state index is 0.600. The van der Waals surface area contributed by atoms with Crippen molar-refractivity contribution in [2.75, 3.05) is 18.4 Å². The van der Waals surface area contributed by atoms with E-state index in [1.165, 1.54) is 16.8 Å². The Labute approximate surface area is 92.9 Å². The molecule has 0 aliphatic heterocycles. The molecule has 0 amide bonds. The van der Waals surface area contributed by atoms with Crippen LogP contribution in [0.15, 0.2) is 18.2 Å². The largest absolute Gasteiger partial charge is 0.385 e. The minimum Gasteiger partial charge on any atom is -0.385 e. The molecular weight excluding hydrogens is 184 g/mol. The molecule has 0 bridgehead atoms. The predicted molar refractivity (Wildman–Crippen MR) is 67.2 cm³/mol. The van der Waals surface area contributed by atoms with Crippen molar-refractivity contribution in [2.45, 2.75) is 27.2 Å². The van der Waals surface area contributed by atoms with E-state index in [0.717, 1.165) is 19.5 Å². The molecular formula is C13H22N2. The maximum absolute atomic E-state index is 5.57. The number of anilines is 1. The van der Waals surface area contributed by atoms with Crippen LogP contribution in [0.5, 0.6) is 0 Å². The van der Waals surface area contributed by atoms with E-state index in [9.17, 15) is 0 Å². The molecule has 2 nitrogen and oxygen atoms in total. The first-order valence-corrected chi connectivity index (χ1v) is 5.64. The van der Waals surface area contributed by atoms with Crippen LogP contribution in [0.2, 0.25) is 0 Å². The first-order chi connectivity index (χ1) is 7.11. The van der Waals surface area contributed by atoms with Crippen LogP contribution >= 0.6 is 0 Å². The number of hydrogen-bond donors (Lipinski definition) is 2. The number of benzene rings is 1. The summed E-state index contributed by atoms with van der Waals surface area (Å²) in [5.74, 6) is 0.600. The van der Waals surface area contributed by atoms with Gasteiger partial charge in [0.25, 0.3) is 0 Å². The fourth-order valence-electron chi connectivity index (χ4n) is 1.66. The first-order valence-electron chi connectivity index (χ1n) is 5.64. The zero-order valence-electron chi connectivity index (χ0n) is 10.0. The van der Waals surface area contributed by atoms with Gasteiger partial charge in [0.15, 0.2) is 0 Å². The van der Waals surface area contributed by atoms with Crippen molar-refractivity contribution >= 4 is 5.69 Å². The molecule has 3 N–H and O–H groups in total. The number of nitrogens with two attached hydrogens (primary N) is 1. The van der Waals surface area contributed by atoms with Gasteiger partial charge in [-0.15, -0.1) is 0 Å². The Bertz CT molecular complexity index is 287. The van der Waals surface area contributed by atoms with Crippen LogP contribution in [0.4, 0.5) is 5.69 Å². The summed E-state index contributed by atoms with van der Waals surface area (Å²) < 4.78 is 0. The Kier molecular flexibility index (Phi) is 4.63. The summed E-state index contributed by atoms with van der Waals surface area (Å²) in [5.41, 5.74) is 9.41. The monoisotopic (exact) mass is 206 g/mol. The van der Waals surface area contributed by atoms with Gasteiger partial charge in [0.2, 0.25) is 0 Å². The quantitative estimate of drug-likeness (QED) is 0.777. The fourth-order valence-corrected chi connectivity index (χ4v) is 1.66. The Balaban J connectivity index is 2.43. The molecule has 0 saturated carbocycles. The smallest absolute Gasteiger partial charge is 0.0345 e. The number of aryl methyl sites for hydroxylation is 2. The van der Waals surface area contributed by atoms with E-state index in [1.807, 2.05) is 0 Å². The van der Waals surface area contributed by atoms with Crippen molar-refractivity contribution in [2.24, 2.45) is 11.7 Å². The number of rotatable bonds is 5. The van der Waals surface area contributed by atoms with Gasteiger partial charge in [-0.1, -0.05) is 13.0 Å². The van der Waals surface area contributed by atoms with Crippen molar-refractivity contribution < 1.29 is 0 Å². The topological polar surface area (TPSA) is 38.0 Å². The van der Waals surface area contributed by atoms with Gasteiger partial charge >= 0.3 is 0 Å². The molecule has 1 rings (SSSR count). The highest BCUT2D eigenvalue weighted by atomic mass is 14.9. The van der Waals surface area contributed by atoms with Gasteiger partial charge in [-0.3, -0.25) is 0 Å². The van der Waals surface area contributed by atoms with Crippen molar-refractivity contribution in [3.63, 3.8) is 0 Å². The molecule has 15 heavy (non-hydrogen) atoms. The minimum absolute atomic E-state index is 0.600. The van der Waals surface area contributed by atoms with Gasteiger partial charge in [0.1, 0.15) is 0 Å². The van der Waals surface area contributed by atoms with Crippen molar-refractivity contribution in [3.8, 4) is 0 Å². The van der Waals surface area contributed by atoms with Gasteiger partial charge in [-0.05, 0) is 56.0 Å². The lowest BCUT2D eigenvalue weighted by molar-refractivity contribution is 0.561. The van der Waals surface area contributed by atoms with E-state index in [-0.39, 0.29) is 0 Å². The van der Waals surface area contributed by atoms with Crippen LogP contribution in [0.25, 0.3) is 0 Å². The van der Waals surface area contributed by atoms with Crippen LogP contribution in [0.3, 0.4) is 0 Å². The highest BCUT2D eigenvalue weighted by molar-refractivity contribution is 5.48. The van der Waals surface area contributed by atoms with E-state index >= 15 is 0 Å². The van der Waals surface area contributed by atoms with Gasteiger partial charge < -0.3 is 11.1 Å². The molecule has 0 heterocycles. The molecule has 1 unspecified atom stereocenters. The highest BCUT2D eigenvalue weighted by Crippen LogP contribution is 2.14. The maximum atomic E-state index is 5.57. The standard InChI is InChI=1S/C13H22N2/c1-10(9-14)4-5-15-13-7-11(2)6-12(3)8-13/h6-8,10,15H,4-5,9,14H2,1-3H3. The lowest BCUT2D eigenvalue weighted by atomic mass is 10.1. The summed E-state index contributed by atoms with van der Waals surface area (Å²) >= 11 is 0. The molecule has 0 aliphatic carbocycles. The third-order valence-corrected chi connectivity index (χ3v) is 2.59. The van der Waals surface area contributed by atoms with E-state index in [4.69, 9.17) is 5.73 Å². The Hall–Kier alpha value is -1.02. The second-order valence-electron chi connectivity index (χ2n) is 4.43. The highest BCUT2D eigenvalue weighted by Gasteiger charge is 1.99. The number of nitrogens with one attached hydrogen (secondary N) is 1. The fraction of sp³-hybridized carbons (Fsp3) is 0.538. The van der Waals surface area contributed by atoms with Crippen LogP contribution < -0.4 is 11.1 Å². The van der Waals surface area contributed by atoms with Crippen molar-refractivity contribution in [3.05, 3.63) is 29.3 Å². The lowest BCUT2D eigenvalue weighted by Crippen LogP contribution is -2.15. The SMILES string of the molecule is Cc1cc(C)cc(NCCC(C)CN)c1. The molecule has 0 radical (unpaired) electrons. The van der Waals surface area contributed by atoms with Crippen molar-refractivity contribution in [1.29, 1.82) is 0 Å². The van der Waals surface area contributed by atoms with Crippen LogP contribution in [0, 0.1) is 19.8 Å². The molecule has 0 saturated heterocycles. The summed E-state index contributed by atoms with van der Waals surface area (Å²) in [7, 11) is 0. The molecule has 0 fully saturated rings. The van der Waals surface area contributed by atoms with Crippen LogP contribution in [-0.4, -0.2) is 13.1 Å². The molecule has 0 aliphatic rings. The Morgan fingerprint density at radius 3 is 2.33 bits per heavy atom. The summed E-state index contributed by atoms with van der Waals surface area (Å²) in [6.07, 6.45) is 1.13. The average Bonchev–Trinajstić information content (AvgIpc) is 2.16. The summed E-state index contributed by atoms with van der Waals surface area (Å²) in [4.78, 5) is 0. The molecule has 0 aromatic heterocycles. The third-order valence-electron chi connectivity index (χ3n) is 2.59. The van der Waals surface area contributed by atoms with E-state index in [2.05, 4.69) is 44.3 Å².